The van der Waals surface area contributed by atoms with E-state index in [1.165, 1.54) is 94.3 Å². The molecule has 13 aromatic rings. The van der Waals surface area contributed by atoms with Crippen LogP contribution >= 0.6 is 0 Å². The number of aromatic nitrogens is 1. The maximum atomic E-state index is 6.34. The molecule has 2 aromatic heterocycles. The normalized spacial score (nSPS) is 13.8. The Kier molecular flexibility index (Phi) is 9.35. The van der Waals surface area contributed by atoms with Crippen molar-refractivity contribution in [1.29, 1.82) is 0 Å². The van der Waals surface area contributed by atoms with Crippen LogP contribution < -0.4 is 4.90 Å². The molecule has 0 aliphatic heterocycles. The van der Waals surface area contributed by atoms with E-state index in [1.807, 2.05) is 6.07 Å². The van der Waals surface area contributed by atoms with Gasteiger partial charge in [0.1, 0.15) is 11.2 Å². The first-order valence-corrected chi connectivity index (χ1v) is 26.2. The molecule has 0 unspecified atom stereocenters. The smallest absolute Gasteiger partial charge is 0.136 e. The van der Waals surface area contributed by atoms with Crippen molar-refractivity contribution in [3.8, 4) is 61.3 Å². The second-order valence-electron chi connectivity index (χ2n) is 21.6. The van der Waals surface area contributed by atoms with E-state index in [0.717, 1.165) is 50.1 Å². The van der Waals surface area contributed by atoms with Gasteiger partial charge >= 0.3 is 0 Å². The number of anilines is 3. The van der Waals surface area contributed by atoms with Gasteiger partial charge in [-0.2, -0.15) is 0 Å². The third kappa shape index (κ3) is 6.41. The van der Waals surface area contributed by atoms with Crippen LogP contribution in [0.15, 0.2) is 247 Å². The summed E-state index contributed by atoms with van der Waals surface area (Å²) in [6.45, 7) is 9.52. The number of fused-ring (bicyclic) bond motifs is 12. The second-order valence-corrected chi connectivity index (χ2v) is 21.6. The van der Waals surface area contributed by atoms with Crippen LogP contribution in [0, 0.1) is 0 Å². The number of benzene rings is 11. The van der Waals surface area contributed by atoms with E-state index in [0.29, 0.717) is 0 Å². The molecule has 11 aromatic carbocycles. The Hall–Kier alpha value is -9.18. The summed E-state index contributed by atoms with van der Waals surface area (Å²) in [5.41, 5.74) is 26.2. The van der Waals surface area contributed by atoms with Gasteiger partial charge in [-0.05, 0) is 151 Å². The van der Waals surface area contributed by atoms with Crippen molar-refractivity contribution < 1.29 is 4.42 Å². The molecule has 0 N–H and O–H groups in total. The molecule has 2 aliphatic carbocycles. The highest BCUT2D eigenvalue weighted by atomic mass is 16.3. The van der Waals surface area contributed by atoms with Gasteiger partial charge in [0.15, 0.2) is 0 Å². The maximum Gasteiger partial charge on any atom is 0.136 e. The Labute approximate surface area is 437 Å². The third-order valence-corrected chi connectivity index (χ3v) is 16.8. The molecule has 0 spiro atoms. The van der Waals surface area contributed by atoms with Crippen LogP contribution in [-0.4, -0.2) is 4.57 Å². The van der Waals surface area contributed by atoms with Gasteiger partial charge in [-0.15, -0.1) is 0 Å². The fourth-order valence-electron chi connectivity index (χ4n) is 13.2. The summed E-state index contributed by atoms with van der Waals surface area (Å²) in [5, 5.41) is 4.82. The van der Waals surface area contributed by atoms with Gasteiger partial charge < -0.3 is 13.9 Å². The molecule has 0 amide bonds. The van der Waals surface area contributed by atoms with Crippen LogP contribution in [0.25, 0.3) is 105 Å². The summed E-state index contributed by atoms with van der Waals surface area (Å²) < 4.78 is 8.75. The molecule has 0 atom stereocenters. The van der Waals surface area contributed by atoms with Gasteiger partial charge in [0.25, 0.3) is 0 Å². The molecule has 0 saturated carbocycles. The summed E-state index contributed by atoms with van der Waals surface area (Å²) >= 11 is 0. The number of para-hydroxylation sites is 4. The third-order valence-electron chi connectivity index (χ3n) is 16.8. The molecule has 0 saturated heterocycles. The highest BCUT2D eigenvalue weighted by molar-refractivity contribution is 6.16. The highest BCUT2D eigenvalue weighted by Gasteiger charge is 2.38. The molecule has 2 heterocycles. The van der Waals surface area contributed by atoms with Crippen molar-refractivity contribution >= 4 is 60.8 Å². The van der Waals surface area contributed by atoms with E-state index in [1.54, 1.807) is 0 Å². The van der Waals surface area contributed by atoms with Crippen LogP contribution in [0.3, 0.4) is 0 Å². The van der Waals surface area contributed by atoms with Crippen molar-refractivity contribution in [3.05, 3.63) is 265 Å². The van der Waals surface area contributed by atoms with Gasteiger partial charge in [0.05, 0.1) is 16.7 Å². The van der Waals surface area contributed by atoms with Gasteiger partial charge in [-0.1, -0.05) is 191 Å². The van der Waals surface area contributed by atoms with E-state index >= 15 is 0 Å². The predicted octanol–water partition coefficient (Wildman–Crippen LogP) is 19.8. The Morgan fingerprint density at radius 2 is 0.880 bits per heavy atom. The molecule has 3 heteroatoms. The second kappa shape index (κ2) is 16.2. The van der Waals surface area contributed by atoms with E-state index < -0.39 is 0 Å². The number of nitrogens with zero attached hydrogens (tertiary/aromatic N) is 2. The van der Waals surface area contributed by atoms with Crippen LogP contribution in [0.5, 0.6) is 0 Å². The highest BCUT2D eigenvalue weighted by Crippen LogP contribution is 2.54. The first-order chi connectivity index (χ1) is 36.7. The van der Waals surface area contributed by atoms with Gasteiger partial charge in [-0.25, -0.2) is 0 Å². The average Bonchev–Trinajstić information content (AvgIpc) is 4.18. The summed E-state index contributed by atoms with van der Waals surface area (Å²) in [6, 6.07) is 89.6. The summed E-state index contributed by atoms with van der Waals surface area (Å²) in [6.07, 6.45) is 0. The van der Waals surface area contributed by atoms with E-state index in [-0.39, 0.29) is 10.8 Å². The molecule has 0 bridgehead atoms. The minimum atomic E-state index is -0.208. The zero-order valence-corrected chi connectivity index (χ0v) is 42.4. The Bertz CT molecular complexity index is 4470. The Morgan fingerprint density at radius 3 is 1.72 bits per heavy atom. The van der Waals surface area contributed by atoms with Crippen LogP contribution in [-0.2, 0) is 10.8 Å². The monoisotopic (exact) mass is 960 g/mol. The number of hydrogen-bond acceptors (Lipinski definition) is 2. The quantitative estimate of drug-likeness (QED) is 0.159. The first kappa shape index (κ1) is 43.4. The van der Waals surface area contributed by atoms with Gasteiger partial charge in [0, 0.05) is 55.0 Å². The number of rotatable bonds is 7. The minimum absolute atomic E-state index is 0.156. The molecular formula is C72H52N2O. The van der Waals surface area contributed by atoms with Crippen LogP contribution in [0.2, 0.25) is 0 Å². The molecular weight excluding hydrogens is 909 g/mol. The summed E-state index contributed by atoms with van der Waals surface area (Å²) in [7, 11) is 0. The molecule has 75 heavy (non-hydrogen) atoms. The first-order valence-electron chi connectivity index (χ1n) is 26.2. The zero-order chi connectivity index (χ0) is 50.2. The maximum absolute atomic E-state index is 6.34. The van der Waals surface area contributed by atoms with Crippen molar-refractivity contribution in [1.82, 2.24) is 4.57 Å². The lowest BCUT2D eigenvalue weighted by molar-refractivity contribution is 0.660. The number of furan rings is 1. The average molecular weight is 961 g/mol. The van der Waals surface area contributed by atoms with Crippen LogP contribution in [0.1, 0.15) is 49.9 Å². The topological polar surface area (TPSA) is 21.3 Å². The van der Waals surface area contributed by atoms with Crippen molar-refractivity contribution in [2.24, 2.45) is 0 Å². The Balaban J connectivity index is 0.862. The fourth-order valence-corrected chi connectivity index (χ4v) is 13.2. The van der Waals surface area contributed by atoms with Gasteiger partial charge in [0.2, 0.25) is 0 Å². The fraction of sp³-hybridized carbons (Fsp3) is 0.0833. The molecule has 0 fully saturated rings. The van der Waals surface area contributed by atoms with Crippen molar-refractivity contribution in [2.75, 3.05) is 4.90 Å². The van der Waals surface area contributed by atoms with E-state index in [2.05, 4.69) is 274 Å². The predicted molar refractivity (Wildman–Crippen MR) is 314 cm³/mol. The lowest BCUT2D eigenvalue weighted by Gasteiger charge is -2.30. The molecule has 356 valence electrons. The van der Waals surface area contributed by atoms with Crippen molar-refractivity contribution in [2.45, 2.75) is 38.5 Å². The largest absolute Gasteiger partial charge is 0.456 e. The standard InChI is InChI=1S/C72H52N2O/c1-71(2)60-26-12-8-21-54(60)55-40-38-50(44-63(55)71)73(49-36-32-45(33-37-49)52-25-17-31-68-70(52)58-23-11-15-30-67(58)75-68)64-27-13-9-20-51(64)46-35-41-61-59(42-46)56-39-34-47(43-62(56)72(61,3)4)53-24-16-29-66-69(53)57-22-10-14-28-65(57)74(66)48-18-6-5-7-19-48/h5-44H,1-4H3. The van der Waals surface area contributed by atoms with Crippen LogP contribution in [0.4, 0.5) is 17.1 Å². The molecule has 15 rings (SSSR count). The molecule has 2 aliphatic rings. The van der Waals surface area contributed by atoms with E-state index in [4.69, 9.17) is 4.42 Å². The zero-order valence-electron chi connectivity index (χ0n) is 42.4. The summed E-state index contributed by atoms with van der Waals surface area (Å²) in [5.74, 6) is 0. The lowest BCUT2D eigenvalue weighted by atomic mass is 9.81. The molecule has 3 nitrogen and oxygen atoms in total. The van der Waals surface area contributed by atoms with Crippen molar-refractivity contribution in [3.63, 3.8) is 0 Å². The minimum Gasteiger partial charge on any atom is -0.456 e. The van der Waals surface area contributed by atoms with E-state index in [9.17, 15) is 0 Å². The Morgan fingerprint density at radius 1 is 0.333 bits per heavy atom. The summed E-state index contributed by atoms with van der Waals surface area (Å²) in [4.78, 5) is 2.47. The SMILES string of the molecule is CC1(C)c2ccc(-c3ccccc3N(c3ccc(-c4cccc5oc6ccccc6c45)cc3)c3ccc4c(c3)C(C)(C)c3ccccc3-4)cc2-c2ccc(-c3cccc4c3c3ccccc3n4-c3ccccc3)cc21. The van der Waals surface area contributed by atoms with Gasteiger partial charge in [-0.3, -0.25) is 0 Å². The number of hydrogen-bond donors (Lipinski definition) is 0. The molecule has 0 radical (unpaired) electrons. The lowest BCUT2D eigenvalue weighted by Crippen LogP contribution is -2.17.